The van der Waals surface area contributed by atoms with Crippen LogP contribution in [0.25, 0.3) is 73.1 Å². The average Bonchev–Trinajstić information content (AvgIpc) is 0.771. The molecular weight excluding hydrogens is 1720 g/mol. The molecule has 7 N–H and O–H groups in total. The standard InChI is InChI=1S/C63H91N21O42/c1-99-43-36-22(8-71-78-64)113-57(50(43)106-15-29(85)86)121-37-23(9-72-79-65)115-59(52(44(37)100-2)108-17-31(89)90)123-39-25(11-74-81-67)117-61(54(46(39)102-4)110-19-33(93)94)125-41-27(13-76-83-69)119-63(56(48(41)104-6)112-21-35(97)98)126-42-28(14-77-84-70)118-62(55(49(42)105-7)111-20-34(95)96)124-40-26(12-75-82-68)116-60(53(47(40)103-5)109-18-32(91)92)122-38-24(10-73-80-66)114-58(120-36)51(45(38)101-3)107-16-30(87)88/h22-28,36-63H,8-21H2,1-7H3,(H,85,86)(H,87,88)(H,89,90)(H,91,92)(H,93,94)(H,95,96)(H,97,98)/t22-,23-,24-,25-,26-,27-,28-,36-,37-,38-,39-,40-,41-,42-,43+,44+,45+,46+,47+,48+,49+,50-,51-,52-,53-,54-,55-,56-,57-,58-,59-,60-,61-,62-,63-/m1/s1. The zero-order valence-electron chi connectivity index (χ0n) is 67.4. The number of ether oxygens (including phenoxy) is 28. The molecule has 0 spiro atoms. The molecule has 21 aliphatic rings. The predicted octanol–water partition coefficient (Wildman–Crippen LogP) is -0.664. The Morgan fingerprint density at radius 2 is 0.325 bits per heavy atom. The minimum atomic E-state index is -2.13. The smallest absolute Gasteiger partial charge is 0.329 e. The molecule has 21 rings (SSSR count). The first-order valence-corrected chi connectivity index (χ1v) is 37.5. The van der Waals surface area contributed by atoms with Gasteiger partial charge in [-0.2, -0.15) is 0 Å². The molecule has 0 amide bonds. The summed E-state index contributed by atoms with van der Waals surface area (Å²) in [5.41, 5.74) is 69.7. The quantitative estimate of drug-likeness (QED) is 0.0226. The maximum Gasteiger partial charge on any atom is 0.329 e. The van der Waals surface area contributed by atoms with Crippen LogP contribution in [-0.4, -0.2) is 434 Å². The number of carbonyl (C=O) groups is 7. The van der Waals surface area contributed by atoms with Crippen molar-refractivity contribution < 1.29 is 202 Å². The first kappa shape index (κ1) is 102. The van der Waals surface area contributed by atoms with Crippen LogP contribution in [0.5, 0.6) is 0 Å². The number of azide groups is 7. The Bertz CT molecular complexity index is 3290. The second-order valence-corrected chi connectivity index (χ2v) is 27.5. The summed E-state index contributed by atoms with van der Waals surface area (Å²) in [4.78, 5) is 109. The van der Waals surface area contributed by atoms with Crippen molar-refractivity contribution in [1.82, 2.24) is 0 Å². The molecule has 21 saturated heterocycles. The van der Waals surface area contributed by atoms with E-state index in [0.29, 0.717) is 0 Å². The van der Waals surface area contributed by atoms with Gasteiger partial charge in [-0.3, -0.25) is 0 Å². The highest BCUT2D eigenvalue weighted by molar-refractivity contribution is 5.70. The van der Waals surface area contributed by atoms with Gasteiger partial charge in [0, 0.05) is 84.2 Å². The van der Waals surface area contributed by atoms with Crippen LogP contribution >= 0.6 is 0 Å². The third kappa shape index (κ3) is 26.5. The summed E-state index contributed by atoms with van der Waals surface area (Å²) in [7, 11) is 7.18. The van der Waals surface area contributed by atoms with E-state index in [9.17, 15) is 108 Å². The topological polar surface area (TPSA) is 861 Å². The second-order valence-electron chi connectivity index (χ2n) is 27.5. The molecule has 0 unspecified atom stereocenters. The molecule has 35 atom stereocenters. The summed E-state index contributed by atoms with van der Waals surface area (Å²) in [5.74, 6) is -11.6. The fourth-order valence-electron chi connectivity index (χ4n) is 15.3. The van der Waals surface area contributed by atoms with Crippen LogP contribution in [0, 0.1) is 0 Å². The molecule has 63 heteroatoms. The Morgan fingerprint density at radius 1 is 0.214 bits per heavy atom. The number of rotatable bonds is 42. The fourth-order valence-corrected chi connectivity index (χ4v) is 15.3. The van der Waals surface area contributed by atoms with Gasteiger partial charge in [-0.15, -0.1) is 0 Å². The number of hydrogen-bond acceptors (Lipinski definition) is 42. The van der Waals surface area contributed by atoms with Crippen molar-refractivity contribution in [3.63, 3.8) is 0 Å². The van der Waals surface area contributed by atoms with Gasteiger partial charge < -0.3 is 168 Å². The van der Waals surface area contributed by atoms with Crippen LogP contribution in [0.1, 0.15) is 0 Å². The predicted molar refractivity (Wildman–Crippen MR) is 390 cm³/mol. The summed E-state index contributed by atoms with van der Waals surface area (Å²) in [6.45, 7) is -14.7. The number of hydrogen-bond donors (Lipinski definition) is 7. The third-order valence-corrected chi connectivity index (χ3v) is 20.2. The van der Waals surface area contributed by atoms with Gasteiger partial charge in [-0.25, -0.2) is 33.6 Å². The largest absolute Gasteiger partial charge is 0.480 e. The van der Waals surface area contributed by atoms with E-state index >= 15 is 0 Å². The first-order chi connectivity index (χ1) is 60.7. The number of methoxy groups -OCH3 is 7. The van der Waals surface area contributed by atoms with Crippen molar-refractivity contribution in [2.45, 2.75) is 215 Å². The Labute approximate surface area is 707 Å². The second kappa shape index (κ2) is 50.8. The zero-order chi connectivity index (χ0) is 91.8. The minimum Gasteiger partial charge on any atom is -0.480 e. The van der Waals surface area contributed by atoms with Crippen LogP contribution in [-0.2, 0) is 166 Å². The highest BCUT2D eigenvalue weighted by atomic mass is 16.8. The van der Waals surface area contributed by atoms with E-state index in [1.807, 2.05) is 0 Å². The number of carboxylic acids is 7. The van der Waals surface area contributed by atoms with E-state index < -0.39 is 349 Å². The SMILES string of the molecule is CO[C@@H]1[C@@H](OCC(=O)O)[C@H]2O[C@H]3[C@H](OC)[C@@H](OCC(=O)O)[C@@H](O[C@H]4[C@H](OC)[C@@H](OCC(=O)O)[C@@H](O[C@H]5[C@H](OC)[C@@H](OCC(=O)O)[C@@H](O[C@H]6[C@H](OC)[C@@H](OCC(=O)O)[C@@H](O[C@H]7[C@H](OC)[C@@H](OCC(=O)O)[C@@H](O[C@H]8[C@H](OC)[C@@H](OCC(=O)O)[C@@H](O[C@@H]1[C@@H](CN=[N+]=[N-])O2)O[C@@H]8CN=[N+]=[N-])O[C@@H]7CN=[N+]=[N-])O[C@@H]6CN=[N+]=[N-])O[C@@H]5CN=[N+]=[N-])O[C@@H]4CN=[N+]=[N-])O[C@@H]3CN=[N+]=[N-]. The molecule has 0 aliphatic carbocycles. The molecule has 0 aromatic heterocycles. The normalized spacial score (nSPS) is 37.5. The molecule has 21 aliphatic heterocycles. The Balaban J connectivity index is 1.41. The lowest BCUT2D eigenvalue weighted by molar-refractivity contribution is -0.399. The van der Waals surface area contributed by atoms with Gasteiger partial charge in [0.05, 0.1) is 88.5 Å². The highest BCUT2D eigenvalue weighted by Gasteiger charge is 2.63. The first-order valence-electron chi connectivity index (χ1n) is 37.5. The number of carboxylic acid groups (broad SMARTS) is 7. The Kier molecular flexibility index (Phi) is 41.0. The van der Waals surface area contributed by atoms with Gasteiger partial charge in [-0.1, -0.05) is 35.8 Å². The summed E-state index contributed by atoms with van der Waals surface area (Å²) in [5, 5.41) is 97.8. The molecule has 0 aromatic carbocycles. The summed E-state index contributed by atoms with van der Waals surface area (Å²) in [6.07, 6.45) is -67.6. The van der Waals surface area contributed by atoms with E-state index in [2.05, 4.69) is 70.2 Å². The Hall–Kier alpha value is -9.66. The van der Waals surface area contributed by atoms with Gasteiger partial charge in [0.1, 0.15) is 174 Å². The van der Waals surface area contributed by atoms with Gasteiger partial charge >= 0.3 is 41.8 Å². The van der Waals surface area contributed by atoms with Crippen LogP contribution in [0.3, 0.4) is 0 Å². The molecule has 21 heterocycles. The molecule has 0 aromatic rings. The number of nitrogens with zero attached hydrogens (tertiary/aromatic N) is 21. The molecule has 21 fully saturated rings. The molecule has 126 heavy (non-hydrogen) atoms. The monoisotopic (exact) mass is 1810 g/mol. The summed E-state index contributed by atoms with van der Waals surface area (Å²) >= 11 is 0. The highest BCUT2D eigenvalue weighted by Crippen LogP contribution is 2.44. The average molecular weight is 1810 g/mol. The van der Waals surface area contributed by atoms with Crippen molar-refractivity contribution >= 4 is 41.8 Å². The molecular formula is C63H91N21O42. The van der Waals surface area contributed by atoms with E-state index in [4.69, 9.17) is 133 Å². The lowest BCUT2D eigenvalue weighted by Gasteiger charge is -2.52. The van der Waals surface area contributed by atoms with Crippen molar-refractivity contribution in [2.24, 2.45) is 35.8 Å². The minimum absolute atomic E-state index is 0.844. The lowest BCUT2D eigenvalue weighted by atomic mass is 9.94. The zero-order valence-corrected chi connectivity index (χ0v) is 67.4. The van der Waals surface area contributed by atoms with Gasteiger partial charge in [-0.05, 0) is 38.7 Å². The van der Waals surface area contributed by atoms with Crippen molar-refractivity contribution in [1.29, 1.82) is 0 Å². The van der Waals surface area contributed by atoms with Gasteiger partial charge in [0.2, 0.25) is 0 Å². The van der Waals surface area contributed by atoms with Crippen LogP contribution in [0.2, 0.25) is 0 Å². The molecule has 0 saturated carbocycles. The van der Waals surface area contributed by atoms with E-state index in [-0.39, 0.29) is 0 Å². The molecule has 700 valence electrons. The van der Waals surface area contributed by atoms with Crippen molar-refractivity contribution in [2.75, 3.05) is 142 Å². The molecule has 0 radical (unpaired) electrons. The fraction of sp³-hybridized carbons (Fsp3) is 0.889. The van der Waals surface area contributed by atoms with Crippen molar-refractivity contribution in [3.05, 3.63) is 73.1 Å². The van der Waals surface area contributed by atoms with E-state index in [0.717, 1.165) is 49.8 Å². The number of aliphatic carboxylic acids is 7. The van der Waals surface area contributed by atoms with Crippen LogP contribution < -0.4 is 0 Å². The van der Waals surface area contributed by atoms with Gasteiger partial charge in [0.25, 0.3) is 0 Å². The van der Waals surface area contributed by atoms with E-state index in [1.54, 1.807) is 0 Å². The maximum absolute atomic E-state index is 12.7. The lowest BCUT2D eigenvalue weighted by Crippen LogP contribution is -2.69. The van der Waals surface area contributed by atoms with Gasteiger partial charge in [0.15, 0.2) is 44.0 Å². The van der Waals surface area contributed by atoms with Crippen LogP contribution in [0.4, 0.5) is 0 Å². The van der Waals surface area contributed by atoms with E-state index in [1.165, 1.54) is 0 Å². The summed E-state index contributed by atoms with van der Waals surface area (Å²) in [6, 6.07) is 0. The molecule has 14 bridgehead atoms. The Morgan fingerprint density at radius 3 is 0.413 bits per heavy atom. The van der Waals surface area contributed by atoms with Crippen LogP contribution in [0.15, 0.2) is 35.8 Å². The third-order valence-electron chi connectivity index (χ3n) is 20.2. The maximum atomic E-state index is 12.7. The molecule has 63 nitrogen and oxygen atoms in total. The van der Waals surface area contributed by atoms with Crippen molar-refractivity contribution in [3.8, 4) is 0 Å². The summed E-state index contributed by atoms with van der Waals surface area (Å²) < 4.78 is 177.